The van der Waals surface area contributed by atoms with Gasteiger partial charge in [-0.3, -0.25) is 4.79 Å². The molecule has 1 unspecified atom stereocenters. The van der Waals surface area contributed by atoms with Gasteiger partial charge >= 0.3 is 5.97 Å². The number of aryl methyl sites for hydroxylation is 1. The predicted molar refractivity (Wildman–Crippen MR) is 111 cm³/mol. The van der Waals surface area contributed by atoms with Gasteiger partial charge in [-0.2, -0.15) is 0 Å². The van der Waals surface area contributed by atoms with Crippen molar-refractivity contribution in [1.82, 2.24) is 9.88 Å². The molecular weight excluding hydrogens is 392 g/mol. The van der Waals surface area contributed by atoms with E-state index >= 15 is 0 Å². The van der Waals surface area contributed by atoms with Crippen molar-refractivity contribution in [2.24, 2.45) is 0 Å². The zero-order valence-corrected chi connectivity index (χ0v) is 18.0. The van der Waals surface area contributed by atoms with Gasteiger partial charge in [0, 0.05) is 23.9 Å². The Hall–Kier alpha value is -2.31. The van der Waals surface area contributed by atoms with E-state index in [0.29, 0.717) is 34.1 Å². The molecule has 1 aliphatic rings. The molecule has 6 nitrogen and oxygen atoms in total. The van der Waals surface area contributed by atoms with E-state index in [2.05, 4.69) is 4.98 Å². The zero-order chi connectivity index (χ0) is 21.1. The molecule has 3 rings (SSSR count). The fourth-order valence-electron chi connectivity index (χ4n) is 3.60. The quantitative estimate of drug-likeness (QED) is 0.507. The van der Waals surface area contributed by atoms with E-state index in [9.17, 15) is 9.59 Å². The van der Waals surface area contributed by atoms with Crippen molar-refractivity contribution >= 4 is 23.5 Å². The van der Waals surface area contributed by atoms with Gasteiger partial charge in [0.05, 0.1) is 18.2 Å². The Bertz CT molecular complexity index is 887. The van der Waals surface area contributed by atoms with Crippen molar-refractivity contribution < 1.29 is 19.1 Å². The predicted octanol–water partition coefficient (Wildman–Crippen LogP) is 4.45. The van der Waals surface area contributed by atoms with Crippen molar-refractivity contribution in [3.8, 4) is 0 Å². The van der Waals surface area contributed by atoms with Gasteiger partial charge in [-0.1, -0.05) is 23.7 Å². The number of rotatable bonds is 8. The van der Waals surface area contributed by atoms with Crippen LogP contribution in [0.5, 0.6) is 0 Å². The molecule has 7 heteroatoms. The smallest absolute Gasteiger partial charge is 0.340 e. The van der Waals surface area contributed by atoms with E-state index in [-0.39, 0.29) is 24.6 Å². The van der Waals surface area contributed by atoms with E-state index in [1.165, 1.54) is 0 Å². The second-order valence-corrected chi connectivity index (χ2v) is 7.86. The molecule has 1 aromatic carbocycles. The van der Waals surface area contributed by atoms with Gasteiger partial charge in [-0.05, 0) is 56.9 Å². The molecule has 1 heterocycles. The molecule has 0 radical (unpaired) electrons. The first kappa shape index (κ1) is 21.4. The molecule has 0 saturated heterocycles. The van der Waals surface area contributed by atoms with Crippen molar-refractivity contribution in [3.63, 3.8) is 0 Å². The van der Waals surface area contributed by atoms with E-state index < -0.39 is 5.97 Å². The molecular formula is C22H27ClN2O4. The van der Waals surface area contributed by atoms with Crippen LogP contribution in [-0.4, -0.2) is 48.1 Å². The summed E-state index contributed by atoms with van der Waals surface area (Å²) >= 11 is 6.01. The topological polar surface area (TPSA) is 71.6 Å². The molecule has 156 valence electrons. The van der Waals surface area contributed by atoms with Crippen LogP contribution in [0.15, 0.2) is 24.3 Å². The van der Waals surface area contributed by atoms with E-state index in [1.807, 2.05) is 36.1 Å². The summed E-state index contributed by atoms with van der Waals surface area (Å²) in [6.07, 6.45) is 1.96. The first-order valence-corrected chi connectivity index (χ1v) is 10.2. The lowest BCUT2D eigenvalue weighted by Crippen LogP contribution is -2.36. The highest BCUT2D eigenvalue weighted by Crippen LogP contribution is 2.36. The minimum absolute atomic E-state index is 0.104. The fraction of sp³-hybridized carbons (Fsp3) is 0.455. The Morgan fingerprint density at radius 3 is 2.45 bits per heavy atom. The lowest BCUT2D eigenvalue weighted by molar-refractivity contribution is 0.0387. The van der Waals surface area contributed by atoms with Crippen LogP contribution >= 0.6 is 11.6 Å². The van der Waals surface area contributed by atoms with E-state index in [4.69, 9.17) is 21.1 Å². The molecule has 0 spiro atoms. The number of nitrogens with zero attached hydrogens (tertiary/aromatic N) is 1. The highest BCUT2D eigenvalue weighted by molar-refractivity contribution is 6.30. The standard InChI is InChI=1S/C22H27ClN2O4/c1-13-19(22(27)29-12-11-28-4)14(2)24-20(13)21(26)25(18-9-10-18)15(3)16-5-7-17(23)8-6-16/h5-8,15,18,24H,9-12H2,1-4H3. The third-order valence-corrected chi connectivity index (χ3v) is 5.57. The molecule has 1 aromatic heterocycles. The minimum Gasteiger partial charge on any atom is -0.460 e. The Labute approximate surface area is 176 Å². The maximum Gasteiger partial charge on any atom is 0.340 e. The number of esters is 1. The van der Waals surface area contributed by atoms with E-state index in [1.54, 1.807) is 21.0 Å². The maximum absolute atomic E-state index is 13.5. The van der Waals surface area contributed by atoms with Crippen molar-refractivity contribution in [3.05, 3.63) is 57.4 Å². The maximum atomic E-state index is 13.5. The summed E-state index contributed by atoms with van der Waals surface area (Å²) in [4.78, 5) is 31.0. The van der Waals surface area contributed by atoms with Gasteiger partial charge in [-0.15, -0.1) is 0 Å². The molecule has 0 aliphatic heterocycles. The monoisotopic (exact) mass is 418 g/mol. The van der Waals surface area contributed by atoms with Crippen LogP contribution in [0.3, 0.4) is 0 Å². The minimum atomic E-state index is -0.448. The number of methoxy groups -OCH3 is 1. The Balaban J connectivity index is 1.86. The van der Waals surface area contributed by atoms with Gasteiger partial charge < -0.3 is 19.4 Å². The van der Waals surface area contributed by atoms with Gasteiger partial charge in [0.15, 0.2) is 0 Å². The Morgan fingerprint density at radius 1 is 1.21 bits per heavy atom. The third-order valence-electron chi connectivity index (χ3n) is 5.32. The van der Waals surface area contributed by atoms with Crippen LogP contribution in [-0.2, 0) is 9.47 Å². The number of halogens is 1. The van der Waals surface area contributed by atoms with E-state index in [0.717, 1.165) is 18.4 Å². The van der Waals surface area contributed by atoms with Crippen LogP contribution in [0.4, 0.5) is 0 Å². The summed E-state index contributed by atoms with van der Waals surface area (Å²) in [5, 5.41) is 0.665. The van der Waals surface area contributed by atoms with Crippen molar-refractivity contribution in [2.75, 3.05) is 20.3 Å². The number of H-pyrrole nitrogens is 1. The third kappa shape index (κ3) is 4.65. The molecule has 1 aliphatic carbocycles. The zero-order valence-electron chi connectivity index (χ0n) is 17.3. The van der Waals surface area contributed by atoms with Gasteiger partial charge in [0.1, 0.15) is 12.3 Å². The highest BCUT2D eigenvalue weighted by Gasteiger charge is 2.38. The summed E-state index contributed by atoms with van der Waals surface area (Å²) in [6.45, 7) is 6.07. The first-order valence-electron chi connectivity index (χ1n) is 9.78. The Kier molecular flexibility index (Phi) is 6.65. The highest BCUT2D eigenvalue weighted by atomic mass is 35.5. The molecule has 1 N–H and O–H groups in total. The van der Waals surface area contributed by atoms with Crippen LogP contribution in [0.1, 0.15) is 63.5 Å². The Morgan fingerprint density at radius 2 is 1.86 bits per heavy atom. The SMILES string of the molecule is COCCOC(=O)c1c(C)[nH]c(C(=O)N(C2CC2)C(C)c2ccc(Cl)cc2)c1C. The van der Waals surface area contributed by atoms with Crippen molar-refractivity contribution in [1.29, 1.82) is 0 Å². The first-order chi connectivity index (χ1) is 13.8. The summed E-state index contributed by atoms with van der Waals surface area (Å²) in [7, 11) is 1.55. The van der Waals surface area contributed by atoms with Crippen molar-refractivity contribution in [2.45, 2.75) is 45.7 Å². The number of hydrogen-bond acceptors (Lipinski definition) is 4. The summed E-state index contributed by atoms with van der Waals surface area (Å²) < 4.78 is 10.2. The molecule has 1 fully saturated rings. The summed E-state index contributed by atoms with van der Waals surface area (Å²) in [5.41, 5.74) is 3.12. The number of hydrogen-bond donors (Lipinski definition) is 1. The molecule has 29 heavy (non-hydrogen) atoms. The van der Waals surface area contributed by atoms with Gasteiger partial charge in [0.2, 0.25) is 0 Å². The van der Waals surface area contributed by atoms with Gasteiger partial charge in [0.25, 0.3) is 5.91 Å². The number of benzene rings is 1. The van der Waals surface area contributed by atoms with Crippen LogP contribution in [0, 0.1) is 13.8 Å². The average Bonchev–Trinajstić information content (AvgIpc) is 3.47. The number of carbonyl (C=O) groups excluding carboxylic acids is 2. The molecule has 0 bridgehead atoms. The lowest BCUT2D eigenvalue weighted by atomic mass is 10.0. The molecule has 1 amide bonds. The number of amides is 1. The van der Waals surface area contributed by atoms with Gasteiger partial charge in [-0.25, -0.2) is 4.79 Å². The van der Waals surface area contributed by atoms with Crippen LogP contribution in [0.25, 0.3) is 0 Å². The number of ether oxygens (including phenoxy) is 2. The second-order valence-electron chi connectivity index (χ2n) is 7.42. The average molecular weight is 419 g/mol. The lowest BCUT2D eigenvalue weighted by Gasteiger charge is -2.30. The number of carbonyl (C=O) groups is 2. The number of aromatic amines is 1. The fourth-order valence-corrected chi connectivity index (χ4v) is 3.73. The summed E-state index contributed by atoms with van der Waals surface area (Å²) in [5.74, 6) is -0.553. The normalized spacial score (nSPS) is 14.5. The summed E-state index contributed by atoms with van der Waals surface area (Å²) in [6, 6.07) is 7.66. The number of aromatic nitrogens is 1. The molecule has 1 atom stereocenters. The molecule has 1 saturated carbocycles. The van der Waals surface area contributed by atoms with Crippen LogP contribution in [0.2, 0.25) is 5.02 Å². The largest absolute Gasteiger partial charge is 0.460 e. The van der Waals surface area contributed by atoms with Crippen LogP contribution < -0.4 is 0 Å². The molecule has 2 aromatic rings. The number of nitrogens with one attached hydrogen (secondary N) is 1. The second kappa shape index (κ2) is 9.01.